The third-order valence-electron chi connectivity index (χ3n) is 2.79. The molecule has 0 saturated heterocycles. The van der Waals surface area contributed by atoms with Crippen LogP contribution >= 0.6 is 11.6 Å². The van der Waals surface area contributed by atoms with E-state index in [4.69, 9.17) is 16.3 Å². The van der Waals surface area contributed by atoms with Crippen molar-refractivity contribution in [3.8, 4) is 5.82 Å². The van der Waals surface area contributed by atoms with Crippen LogP contribution in [0.25, 0.3) is 5.82 Å². The van der Waals surface area contributed by atoms with Crippen LogP contribution in [-0.4, -0.2) is 26.5 Å². The van der Waals surface area contributed by atoms with Crippen molar-refractivity contribution >= 4 is 17.7 Å². The maximum Gasteiger partial charge on any atom is 0.408 e. The van der Waals surface area contributed by atoms with Crippen molar-refractivity contribution in [2.45, 2.75) is 39.3 Å². The maximum absolute atomic E-state index is 11.8. The Morgan fingerprint density at radius 3 is 2.59 bits per heavy atom. The molecule has 0 saturated carbocycles. The van der Waals surface area contributed by atoms with Gasteiger partial charge in [-0.2, -0.15) is 5.10 Å². The highest BCUT2D eigenvalue weighted by Gasteiger charge is 2.18. The number of carbonyl (C=O) groups excluding carboxylic acids is 1. The maximum atomic E-state index is 11.8. The Labute approximate surface area is 134 Å². The molecule has 0 aliphatic heterocycles. The molecular formula is C15H19ClN4O2. The normalized spacial score (nSPS) is 12.8. The quantitative estimate of drug-likeness (QED) is 0.939. The van der Waals surface area contributed by atoms with E-state index in [1.807, 2.05) is 39.8 Å². The number of aromatic nitrogens is 3. The smallest absolute Gasteiger partial charge is 0.408 e. The van der Waals surface area contributed by atoms with Crippen molar-refractivity contribution in [2.24, 2.45) is 0 Å². The molecule has 0 aliphatic rings. The van der Waals surface area contributed by atoms with Gasteiger partial charge in [-0.3, -0.25) is 0 Å². The second-order valence-electron chi connectivity index (χ2n) is 5.92. The van der Waals surface area contributed by atoms with E-state index in [9.17, 15) is 4.79 Å². The first-order chi connectivity index (χ1) is 10.2. The largest absolute Gasteiger partial charge is 0.444 e. The molecule has 2 heterocycles. The summed E-state index contributed by atoms with van der Waals surface area (Å²) in [4.78, 5) is 16.1. The van der Waals surface area contributed by atoms with Gasteiger partial charge in [-0.1, -0.05) is 17.7 Å². The molecule has 1 atom stereocenters. The lowest BCUT2D eigenvalue weighted by Gasteiger charge is -2.22. The van der Waals surface area contributed by atoms with Crippen LogP contribution in [0.5, 0.6) is 0 Å². The molecule has 1 N–H and O–H groups in total. The Hall–Kier alpha value is -2.08. The standard InChI is InChI=1S/C15H19ClN4O2/c1-10(19-14(21)22-15(2,3)4)11-5-6-13(17-7-11)20-9-12(16)8-18-20/h5-10H,1-4H3,(H,19,21)/t10-/m0/s1. The summed E-state index contributed by atoms with van der Waals surface area (Å²) in [7, 11) is 0. The average molecular weight is 323 g/mol. The Balaban J connectivity index is 2.02. The number of nitrogens with one attached hydrogen (secondary N) is 1. The number of pyridine rings is 1. The molecular weight excluding hydrogens is 304 g/mol. The van der Waals surface area contributed by atoms with Gasteiger partial charge in [0.25, 0.3) is 0 Å². The minimum absolute atomic E-state index is 0.211. The molecule has 0 radical (unpaired) electrons. The molecule has 0 unspecified atom stereocenters. The zero-order valence-electron chi connectivity index (χ0n) is 13.0. The molecule has 2 aromatic rings. The Morgan fingerprint density at radius 1 is 1.36 bits per heavy atom. The van der Waals surface area contributed by atoms with Crippen molar-refractivity contribution in [2.75, 3.05) is 0 Å². The van der Waals surface area contributed by atoms with Crippen molar-refractivity contribution in [1.29, 1.82) is 0 Å². The zero-order valence-corrected chi connectivity index (χ0v) is 13.8. The summed E-state index contributed by atoms with van der Waals surface area (Å²) in [5, 5.41) is 7.40. The summed E-state index contributed by atoms with van der Waals surface area (Å²) >= 11 is 5.83. The molecule has 2 aromatic heterocycles. The van der Waals surface area contributed by atoms with Crippen molar-refractivity contribution in [3.63, 3.8) is 0 Å². The third kappa shape index (κ3) is 4.46. The van der Waals surface area contributed by atoms with Gasteiger partial charge in [-0.05, 0) is 39.3 Å². The van der Waals surface area contributed by atoms with Crippen LogP contribution in [0.15, 0.2) is 30.7 Å². The van der Waals surface area contributed by atoms with Gasteiger partial charge in [0.2, 0.25) is 0 Å². The van der Waals surface area contributed by atoms with Crippen LogP contribution in [0.1, 0.15) is 39.3 Å². The van der Waals surface area contributed by atoms with Gasteiger partial charge in [0.1, 0.15) is 5.60 Å². The van der Waals surface area contributed by atoms with Gasteiger partial charge in [0.15, 0.2) is 5.82 Å². The number of alkyl carbamates (subject to hydrolysis) is 1. The van der Waals surface area contributed by atoms with E-state index < -0.39 is 11.7 Å². The molecule has 0 aliphatic carbocycles. The molecule has 0 aromatic carbocycles. The van der Waals surface area contributed by atoms with Gasteiger partial charge in [0.05, 0.1) is 23.5 Å². The minimum atomic E-state index is -0.523. The first-order valence-corrected chi connectivity index (χ1v) is 7.28. The Morgan fingerprint density at radius 2 is 2.09 bits per heavy atom. The summed E-state index contributed by atoms with van der Waals surface area (Å²) in [6, 6.07) is 3.48. The molecule has 118 valence electrons. The van der Waals surface area contributed by atoms with E-state index in [2.05, 4.69) is 15.4 Å². The topological polar surface area (TPSA) is 69.0 Å². The van der Waals surface area contributed by atoms with Gasteiger partial charge >= 0.3 is 6.09 Å². The van der Waals surface area contributed by atoms with E-state index in [1.165, 1.54) is 0 Å². The molecule has 7 heteroatoms. The number of nitrogens with zero attached hydrogens (tertiary/aromatic N) is 3. The number of hydrogen-bond donors (Lipinski definition) is 1. The fourth-order valence-electron chi connectivity index (χ4n) is 1.78. The third-order valence-corrected chi connectivity index (χ3v) is 2.98. The van der Waals surface area contributed by atoms with Crippen LogP contribution in [-0.2, 0) is 4.74 Å². The lowest BCUT2D eigenvalue weighted by atomic mass is 10.1. The summed E-state index contributed by atoms with van der Waals surface area (Å²) in [5.41, 5.74) is 0.346. The van der Waals surface area contributed by atoms with E-state index in [0.717, 1.165) is 5.56 Å². The van der Waals surface area contributed by atoms with E-state index in [1.54, 1.807) is 23.3 Å². The highest BCUT2D eigenvalue weighted by atomic mass is 35.5. The first-order valence-electron chi connectivity index (χ1n) is 6.90. The van der Waals surface area contributed by atoms with E-state index >= 15 is 0 Å². The number of hydrogen-bond acceptors (Lipinski definition) is 4. The lowest BCUT2D eigenvalue weighted by Crippen LogP contribution is -2.34. The second-order valence-corrected chi connectivity index (χ2v) is 6.36. The van der Waals surface area contributed by atoms with Gasteiger partial charge in [-0.15, -0.1) is 0 Å². The fraction of sp³-hybridized carbons (Fsp3) is 0.400. The predicted molar refractivity (Wildman–Crippen MR) is 84.2 cm³/mol. The summed E-state index contributed by atoms with van der Waals surface area (Å²) in [5.74, 6) is 0.653. The predicted octanol–water partition coefficient (Wildman–Crippen LogP) is 3.51. The molecule has 0 spiro atoms. The number of carbonyl (C=O) groups is 1. The van der Waals surface area contributed by atoms with E-state index in [-0.39, 0.29) is 6.04 Å². The molecule has 1 amide bonds. The van der Waals surface area contributed by atoms with Crippen LogP contribution in [0.3, 0.4) is 0 Å². The number of rotatable bonds is 3. The Bertz CT molecular complexity index is 646. The van der Waals surface area contributed by atoms with Crippen LogP contribution in [0, 0.1) is 0 Å². The van der Waals surface area contributed by atoms with Crippen LogP contribution in [0.2, 0.25) is 5.02 Å². The SMILES string of the molecule is C[C@H](NC(=O)OC(C)(C)C)c1ccc(-n2cc(Cl)cn2)nc1. The lowest BCUT2D eigenvalue weighted by molar-refractivity contribution is 0.0508. The summed E-state index contributed by atoms with van der Waals surface area (Å²) in [6.07, 6.45) is 4.45. The molecule has 0 fully saturated rings. The average Bonchev–Trinajstić information content (AvgIpc) is 2.83. The van der Waals surface area contributed by atoms with E-state index in [0.29, 0.717) is 10.8 Å². The van der Waals surface area contributed by atoms with Crippen LogP contribution in [0.4, 0.5) is 4.79 Å². The van der Waals surface area contributed by atoms with Crippen LogP contribution < -0.4 is 5.32 Å². The van der Waals surface area contributed by atoms with Gasteiger partial charge in [0, 0.05) is 6.20 Å². The van der Waals surface area contributed by atoms with Crippen molar-refractivity contribution in [1.82, 2.24) is 20.1 Å². The van der Waals surface area contributed by atoms with Gasteiger partial charge < -0.3 is 10.1 Å². The monoisotopic (exact) mass is 322 g/mol. The van der Waals surface area contributed by atoms with Crippen molar-refractivity contribution in [3.05, 3.63) is 41.3 Å². The molecule has 2 rings (SSSR count). The number of ether oxygens (including phenoxy) is 1. The number of amides is 1. The highest BCUT2D eigenvalue weighted by molar-refractivity contribution is 6.30. The van der Waals surface area contributed by atoms with Gasteiger partial charge in [-0.25, -0.2) is 14.5 Å². The first kappa shape index (κ1) is 16.3. The highest BCUT2D eigenvalue weighted by Crippen LogP contribution is 2.15. The summed E-state index contributed by atoms with van der Waals surface area (Å²) in [6.45, 7) is 7.33. The molecule has 6 nitrogen and oxygen atoms in total. The Kier molecular flexibility index (Phi) is 4.71. The second kappa shape index (κ2) is 6.36. The molecule has 22 heavy (non-hydrogen) atoms. The van der Waals surface area contributed by atoms with Crippen molar-refractivity contribution < 1.29 is 9.53 Å². The fourth-order valence-corrected chi connectivity index (χ4v) is 1.92. The minimum Gasteiger partial charge on any atom is -0.444 e. The molecule has 0 bridgehead atoms. The summed E-state index contributed by atoms with van der Waals surface area (Å²) < 4.78 is 6.81. The zero-order chi connectivity index (χ0) is 16.3. The number of halogens is 1.